The summed E-state index contributed by atoms with van der Waals surface area (Å²) in [6.07, 6.45) is 0.858. The van der Waals surface area contributed by atoms with E-state index in [1.54, 1.807) is 6.07 Å². The largest absolute Gasteiger partial charge is 0.236 e. The van der Waals surface area contributed by atoms with Crippen molar-refractivity contribution in [1.82, 2.24) is 4.98 Å². The molecule has 0 saturated heterocycles. The Balaban J connectivity index is 2.38. The van der Waals surface area contributed by atoms with Crippen LogP contribution in [0, 0.1) is 11.8 Å². The fraction of sp³-hybridized carbons (Fsp3) is 0.154. The number of fused-ring (bicyclic) bond motifs is 1. The molecule has 1 heterocycles. The van der Waals surface area contributed by atoms with Crippen LogP contribution >= 0.6 is 27.5 Å². The Labute approximate surface area is 108 Å². The molecule has 2 rings (SSSR count). The maximum atomic E-state index is 5.82. The van der Waals surface area contributed by atoms with Gasteiger partial charge in [0, 0.05) is 22.7 Å². The van der Waals surface area contributed by atoms with E-state index < -0.39 is 0 Å². The van der Waals surface area contributed by atoms with E-state index in [-0.39, 0.29) is 0 Å². The number of hydrogen-bond acceptors (Lipinski definition) is 1. The van der Waals surface area contributed by atoms with Crippen molar-refractivity contribution in [2.45, 2.75) is 6.42 Å². The fourth-order valence-corrected chi connectivity index (χ4v) is 1.74. The van der Waals surface area contributed by atoms with E-state index in [4.69, 9.17) is 11.6 Å². The third kappa shape index (κ3) is 2.75. The second kappa shape index (κ2) is 5.34. The van der Waals surface area contributed by atoms with Crippen LogP contribution in [0.25, 0.3) is 10.9 Å². The van der Waals surface area contributed by atoms with Gasteiger partial charge in [-0.2, -0.15) is 0 Å². The van der Waals surface area contributed by atoms with Gasteiger partial charge in [-0.3, -0.25) is 0 Å². The van der Waals surface area contributed by atoms with Crippen LogP contribution in [0.15, 0.2) is 30.3 Å². The molecule has 0 saturated carbocycles. The summed E-state index contributed by atoms with van der Waals surface area (Å²) in [6, 6.07) is 9.69. The Hall–Kier alpha value is -1.04. The van der Waals surface area contributed by atoms with Gasteiger partial charge < -0.3 is 0 Å². The molecule has 0 radical (unpaired) electrons. The summed E-state index contributed by atoms with van der Waals surface area (Å²) in [6.45, 7) is 0. The lowest BCUT2D eigenvalue weighted by atomic mass is 10.1. The minimum atomic E-state index is 0.519. The molecule has 1 aromatic carbocycles. The van der Waals surface area contributed by atoms with Crippen molar-refractivity contribution in [3.8, 4) is 11.8 Å². The minimum absolute atomic E-state index is 0.519. The summed E-state index contributed by atoms with van der Waals surface area (Å²) in [5.41, 5.74) is 1.91. The lowest BCUT2D eigenvalue weighted by molar-refractivity contribution is 1.32. The molecule has 0 bridgehead atoms. The third-order valence-electron chi connectivity index (χ3n) is 2.11. The first kappa shape index (κ1) is 11.4. The van der Waals surface area contributed by atoms with Crippen molar-refractivity contribution in [1.29, 1.82) is 0 Å². The van der Waals surface area contributed by atoms with Crippen LogP contribution in [0.4, 0.5) is 0 Å². The second-order valence-electron chi connectivity index (χ2n) is 3.28. The van der Waals surface area contributed by atoms with E-state index >= 15 is 0 Å². The Morgan fingerprint density at radius 2 is 2.12 bits per heavy atom. The summed E-state index contributed by atoms with van der Waals surface area (Å²) in [7, 11) is 0. The number of rotatable bonds is 1. The lowest BCUT2D eigenvalue weighted by Crippen LogP contribution is -1.81. The number of hydrogen-bond donors (Lipinski definition) is 0. The third-order valence-corrected chi connectivity index (χ3v) is 2.71. The Morgan fingerprint density at radius 3 is 2.94 bits per heavy atom. The molecule has 0 spiro atoms. The molecule has 80 valence electrons. The molecule has 16 heavy (non-hydrogen) atoms. The molecule has 0 unspecified atom stereocenters. The molecular weight excluding hydrogens is 286 g/mol. The predicted octanol–water partition coefficient (Wildman–Crippen LogP) is 4.02. The van der Waals surface area contributed by atoms with Gasteiger partial charge in [-0.1, -0.05) is 39.4 Å². The van der Waals surface area contributed by atoms with Gasteiger partial charge in [-0.25, -0.2) is 4.98 Å². The van der Waals surface area contributed by atoms with Crippen molar-refractivity contribution in [3.63, 3.8) is 0 Å². The molecule has 0 aliphatic rings. The first-order chi connectivity index (χ1) is 7.79. The molecule has 3 heteroatoms. The first-order valence-electron chi connectivity index (χ1n) is 4.91. The topological polar surface area (TPSA) is 12.9 Å². The second-order valence-corrected chi connectivity index (χ2v) is 4.46. The van der Waals surface area contributed by atoms with Gasteiger partial charge in [-0.15, -0.1) is 0 Å². The highest BCUT2D eigenvalue weighted by molar-refractivity contribution is 9.09. The van der Waals surface area contributed by atoms with Crippen LogP contribution < -0.4 is 0 Å². The Bertz CT molecular complexity index is 569. The maximum Gasteiger partial charge on any atom is 0.129 e. The van der Waals surface area contributed by atoms with Crippen molar-refractivity contribution in [3.05, 3.63) is 41.0 Å². The van der Waals surface area contributed by atoms with Gasteiger partial charge >= 0.3 is 0 Å². The number of aromatic nitrogens is 1. The summed E-state index contributed by atoms with van der Waals surface area (Å²) in [5.74, 6) is 6.20. The number of pyridine rings is 1. The van der Waals surface area contributed by atoms with Gasteiger partial charge in [0.15, 0.2) is 0 Å². The quantitative estimate of drug-likeness (QED) is 0.440. The van der Waals surface area contributed by atoms with Crippen LogP contribution in [0.2, 0.25) is 5.15 Å². The van der Waals surface area contributed by atoms with Crippen LogP contribution in [0.5, 0.6) is 0 Å². The van der Waals surface area contributed by atoms with Gasteiger partial charge in [0.2, 0.25) is 0 Å². The molecule has 2 aromatic rings. The fourth-order valence-electron chi connectivity index (χ4n) is 1.39. The van der Waals surface area contributed by atoms with Crippen LogP contribution in [-0.4, -0.2) is 10.3 Å². The Morgan fingerprint density at radius 1 is 1.25 bits per heavy atom. The standard InChI is InChI=1S/C13H9BrClN/c14-8-2-1-3-10-4-6-12-11(9-10)5-7-13(15)16-12/h4-7,9H,2,8H2. The van der Waals surface area contributed by atoms with E-state index in [0.717, 1.165) is 28.2 Å². The van der Waals surface area contributed by atoms with E-state index in [9.17, 15) is 0 Å². The zero-order chi connectivity index (χ0) is 11.4. The Kier molecular flexibility index (Phi) is 3.82. The summed E-state index contributed by atoms with van der Waals surface area (Å²) in [4.78, 5) is 4.22. The molecule has 0 N–H and O–H groups in total. The van der Waals surface area contributed by atoms with Crippen LogP contribution in [0.1, 0.15) is 12.0 Å². The highest BCUT2D eigenvalue weighted by Gasteiger charge is 1.96. The normalized spacial score (nSPS) is 9.88. The molecular formula is C13H9BrClN. The SMILES string of the molecule is Clc1ccc2cc(C#CCCBr)ccc2n1. The summed E-state index contributed by atoms with van der Waals surface area (Å²) < 4.78 is 0. The van der Waals surface area contributed by atoms with E-state index in [1.807, 2.05) is 24.3 Å². The highest BCUT2D eigenvalue weighted by atomic mass is 79.9. The smallest absolute Gasteiger partial charge is 0.129 e. The average Bonchev–Trinajstić information content (AvgIpc) is 2.29. The highest BCUT2D eigenvalue weighted by Crippen LogP contribution is 2.16. The van der Waals surface area contributed by atoms with Crippen LogP contribution in [0.3, 0.4) is 0 Å². The van der Waals surface area contributed by atoms with Gasteiger partial charge in [0.05, 0.1) is 5.52 Å². The van der Waals surface area contributed by atoms with Crippen molar-refractivity contribution in [2.75, 3.05) is 5.33 Å². The number of alkyl halides is 1. The number of halogens is 2. The van der Waals surface area contributed by atoms with Crippen molar-refractivity contribution < 1.29 is 0 Å². The minimum Gasteiger partial charge on any atom is -0.236 e. The van der Waals surface area contributed by atoms with E-state index in [2.05, 4.69) is 32.8 Å². The molecule has 0 fully saturated rings. The zero-order valence-electron chi connectivity index (χ0n) is 8.50. The predicted molar refractivity (Wildman–Crippen MR) is 72.0 cm³/mol. The summed E-state index contributed by atoms with van der Waals surface area (Å²) >= 11 is 9.16. The van der Waals surface area contributed by atoms with Crippen molar-refractivity contribution in [2.24, 2.45) is 0 Å². The molecule has 1 aromatic heterocycles. The summed E-state index contributed by atoms with van der Waals surface area (Å²) in [5, 5.41) is 2.49. The molecule has 0 atom stereocenters. The first-order valence-corrected chi connectivity index (χ1v) is 6.41. The van der Waals surface area contributed by atoms with E-state index in [0.29, 0.717) is 5.15 Å². The van der Waals surface area contributed by atoms with Gasteiger partial charge in [0.1, 0.15) is 5.15 Å². The molecule has 0 amide bonds. The van der Waals surface area contributed by atoms with Gasteiger partial charge in [-0.05, 0) is 30.3 Å². The zero-order valence-corrected chi connectivity index (χ0v) is 10.8. The van der Waals surface area contributed by atoms with E-state index in [1.165, 1.54) is 0 Å². The lowest BCUT2D eigenvalue weighted by Gasteiger charge is -1.98. The number of benzene rings is 1. The molecule has 0 aliphatic carbocycles. The maximum absolute atomic E-state index is 5.82. The van der Waals surface area contributed by atoms with Gasteiger partial charge in [0.25, 0.3) is 0 Å². The average molecular weight is 295 g/mol. The van der Waals surface area contributed by atoms with Crippen molar-refractivity contribution >= 4 is 38.4 Å². The molecule has 0 aliphatic heterocycles. The van der Waals surface area contributed by atoms with Crippen LogP contribution in [-0.2, 0) is 0 Å². The number of nitrogens with zero attached hydrogens (tertiary/aromatic N) is 1. The molecule has 1 nitrogen and oxygen atoms in total. The monoisotopic (exact) mass is 293 g/mol.